The highest BCUT2D eigenvalue weighted by Crippen LogP contribution is 2.14. The van der Waals surface area contributed by atoms with Gasteiger partial charge in [-0.3, -0.25) is 4.79 Å². The molecule has 0 aliphatic carbocycles. The summed E-state index contributed by atoms with van der Waals surface area (Å²) >= 11 is 0. The highest BCUT2D eigenvalue weighted by molar-refractivity contribution is 5.97. The van der Waals surface area contributed by atoms with Crippen molar-refractivity contribution in [1.82, 2.24) is 15.3 Å². The van der Waals surface area contributed by atoms with Gasteiger partial charge in [-0.25, -0.2) is 9.78 Å². The van der Waals surface area contributed by atoms with Crippen molar-refractivity contribution in [3.63, 3.8) is 0 Å². The normalized spacial score (nSPS) is 11.3. The van der Waals surface area contributed by atoms with Gasteiger partial charge < -0.3 is 15.0 Å². The number of rotatable bonds is 5. The molecule has 2 heterocycles. The number of fused-ring (bicyclic) bond motifs is 1. The topological polar surface area (TPSA) is 84.1 Å². The van der Waals surface area contributed by atoms with Gasteiger partial charge in [0.25, 0.3) is 5.91 Å². The number of amides is 1. The summed E-state index contributed by atoms with van der Waals surface area (Å²) in [7, 11) is 0. The van der Waals surface area contributed by atoms with Crippen LogP contribution in [0.25, 0.3) is 11.0 Å². The Morgan fingerprint density at radius 3 is 2.77 bits per heavy atom. The van der Waals surface area contributed by atoms with Crippen LogP contribution in [-0.4, -0.2) is 34.0 Å². The molecule has 0 saturated carbocycles. The quantitative estimate of drug-likeness (QED) is 0.691. The maximum absolute atomic E-state index is 12.5. The molecule has 0 radical (unpaired) electrons. The Balaban J connectivity index is 1.63. The smallest absolute Gasteiger partial charge is 0.338 e. The Morgan fingerprint density at radius 1 is 1.23 bits per heavy atom. The van der Waals surface area contributed by atoms with Gasteiger partial charge in [-0.15, -0.1) is 0 Å². The SMILES string of the molecule is Cc1ccccc1C(=O)OCC(C)(C)NC(=O)c1cnc2[nH]ccc2c1. The predicted molar refractivity (Wildman–Crippen MR) is 99.1 cm³/mol. The van der Waals surface area contributed by atoms with E-state index < -0.39 is 11.5 Å². The fraction of sp³-hybridized carbons (Fsp3) is 0.250. The minimum atomic E-state index is -0.720. The lowest BCUT2D eigenvalue weighted by Crippen LogP contribution is -2.47. The van der Waals surface area contributed by atoms with Crippen molar-refractivity contribution in [1.29, 1.82) is 0 Å². The predicted octanol–water partition coefficient (Wildman–Crippen LogP) is 3.24. The van der Waals surface area contributed by atoms with Crippen LogP contribution in [-0.2, 0) is 4.74 Å². The average molecular weight is 351 g/mol. The van der Waals surface area contributed by atoms with Crippen LogP contribution in [0.1, 0.15) is 40.1 Å². The van der Waals surface area contributed by atoms with Crippen molar-refractivity contribution in [3.8, 4) is 0 Å². The summed E-state index contributed by atoms with van der Waals surface area (Å²) in [5, 5.41) is 3.75. The third kappa shape index (κ3) is 3.91. The zero-order valence-corrected chi connectivity index (χ0v) is 15.0. The lowest BCUT2D eigenvalue weighted by atomic mass is 10.1. The first-order valence-corrected chi connectivity index (χ1v) is 8.34. The van der Waals surface area contributed by atoms with E-state index in [1.54, 1.807) is 38.2 Å². The number of nitrogens with zero attached hydrogens (tertiary/aromatic N) is 1. The van der Waals surface area contributed by atoms with Crippen LogP contribution in [0, 0.1) is 6.92 Å². The largest absolute Gasteiger partial charge is 0.460 e. The number of benzene rings is 1. The van der Waals surface area contributed by atoms with E-state index in [2.05, 4.69) is 15.3 Å². The number of H-pyrrole nitrogens is 1. The third-order valence-electron chi connectivity index (χ3n) is 4.04. The molecule has 0 spiro atoms. The summed E-state index contributed by atoms with van der Waals surface area (Å²) in [6.45, 7) is 5.52. The van der Waals surface area contributed by atoms with Crippen LogP contribution >= 0.6 is 0 Å². The Morgan fingerprint density at radius 2 is 2.00 bits per heavy atom. The second-order valence-electron chi connectivity index (χ2n) is 6.87. The summed E-state index contributed by atoms with van der Waals surface area (Å²) in [5.41, 5.74) is 1.84. The molecule has 26 heavy (non-hydrogen) atoms. The fourth-order valence-electron chi connectivity index (χ4n) is 2.61. The van der Waals surface area contributed by atoms with Crippen molar-refractivity contribution in [3.05, 3.63) is 65.5 Å². The maximum atomic E-state index is 12.5. The number of ether oxygens (including phenoxy) is 1. The number of carbonyl (C=O) groups is 2. The summed E-state index contributed by atoms with van der Waals surface area (Å²) in [4.78, 5) is 31.9. The van der Waals surface area contributed by atoms with Gasteiger partial charge in [-0.2, -0.15) is 0 Å². The summed E-state index contributed by atoms with van der Waals surface area (Å²) < 4.78 is 5.39. The van der Waals surface area contributed by atoms with Gasteiger partial charge in [0.15, 0.2) is 0 Å². The zero-order valence-electron chi connectivity index (χ0n) is 15.0. The van der Waals surface area contributed by atoms with E-state index in [4.69, 9.17) is 4.74 Å². The molecule has 0 bridgehead atoms. The van der Waals surface area contributed by atoms with Gasteiger partial charge in [0.1, 0.15) is 12.3 Å². The molecule has 0 aliphatic heterocycles. The van der Waals surface area contributed by atoms with Crippen LogP contribution in [0.2, 0.25) is 0 Å². The highest BCUT2D eigenvalue weighted by atomic mass is 16.5. The Kier molecular flexibility index (Phi) is 4.75. The molecule has 2 aromatic heterocycles. The van der Waals surface area contributed by atoms with Gasteiger partial charge in [0, 0.05) is 17.8 Å². The number of hydrogen-bond acceptors (Lipinski definition) is 4. The van der Waals surface area contributed by atoms with Crippen LogP contribution in [0.3, 0.4) is 0 Å². The molecule has 0 atom stereocenters. The van der Waals surface area contributed by atoms with Gasteiger partial charge >= 0.3 is 5.97 Å². The molecule has 0 fully saturated rings. The Labute approximate surface area is 151 Å². The summed E-state index contributed by atoms with van der Waals surface area (Å²) in [6, 6.07) is 10.9. The second-order valence-corrected chi connectivity index (χ2v) is 6.87. The van der Waals surface area contributed by atoms with Crippen LogP contribution < -0.4 is 5.32 Å². The molecule has 2 N–H and O–H groups in total. The van der Waals surface area contributed by atoms with E-state index >= 15 is 0 Å². The summed E-state index contributed by atoms with van der Waals surface area (Å²) in [5.74, 6) is -0.668. The number of esters is 1. The van der Waals surface area contributed by atoms with E-state index in [0.29, 0.717) is 11.1 Å². The van der Waals surface area contributed by atoms with Gasteiger partial charge in [-0.05, 0) is 44.5 Å². The van der Waals surface area contributed by atoms with E-state index in [0.717, 1.165) is 16.6 Å². The summed E-state index contributed by atoms with van der Waals surface area (Å²) in [6.07, 6.45) is 3.29. The number of aromatic nitrogens is 2. The molecule has 0 aliphatic rings. The molecule has 3 rings (SSSR count). The minimum absolute atomic E-state index is 0.0612. The molecule has 1 aromatic carbocycles. The van der Waals surface area contributed by atoms with E-state index in [1.807, 2.05) is 25.1 Å². The molecular formula is C20H21N3O3. The molecular weight excluding hydrogens is 330 g/mol. The first-order chi connectivity index (χ1) is 12.4. The lowest BCUT2D eigenvalue weighted by Gasteiger charge is -2.26. The molecule has 0 saturated heterocycles. The minimum Gasteiger partial charge on any atom is -0.460 e. The number of pyridine rings is 1. The number of hydrogen-bond donors (Lipinski definition) is 2. The van der Waals surface area contributed by atoms with Gasteiger partial charge in [0.05, 0.1) is 16.7 Å². The van der Waals surface area contributed by atoms with E-state index in [1.165, 1.54) is 6.20 Å². The molecule has 6 nitrogen and oxygen atoms in total. The number of carbonyl (C=O) groups excluding carboxylic acids is 2. The molecule has 0 unspecified atom stereocenters. The fourth-order valence-corrected chi connectivity index (χ4v) is 2.61. The monoisotopic (exact) mass is 351 g/mol. The molecule has 1 amide bonds. The first-order valence-electron chi connectivity index (χ1n) is 8.34. The molecule has 134 valence electrons. The lowest BCUT2D eigenvalue weighted by molar-refractivity contribution is 0.0389. The highest BCUT2D eigenvalue weighted by Gasteiger charge is 2.24. The van der Waals surface area contributed by atoms with Crippen LogP contribution in [0.4, 0.5) is 0 Å². The number of aryl methyl sites for hydroxylation is 1. The number of aromatic amines is 1. The number of nitrogens with one attached hydrogen (secondary N) is 2. The first kappa shape index (κ1) is 17.7. The van der Waals surface area contributed by atoms with E-state index in [-0.39, 0.29) is 12.5 Å². The molecule has 3 aromatic rings. The van der Waals surface area contributed by atoms with Crippen molar-refractivity contribution in [2.75, 3.05) is 6.61 Å². The van der Waals surface area contributed by atoms with Gasteiger partial charge in [-0.1, -0.05) is 18.2 Å². The van der Waals surface area contributed by atoms with Crippen molar-refractivity contribution in [2.24, 2.45) is 0 Å². The van der Waals surface area contributed by atoms with E-state index in [9.17, 15) is 9.59 Å². The standard InChI is InChI=1S/C20H21N3O3/c1-13-6-4-5-7-16(13)19(25)26-12-20(2,3)23-18(24)15-10-14-8-9-21-17(14)22-11-15/h4-11H,12H2,1-3H3,(H,21,22)(H,23,24). The Bertz CT molecular complexity index is 960. The van der Waals surface area contributed by atoms with Crippen molar-refractivity contribution in [2.45, 2.75) is 26.3 Å². The zero-order chi connectivity index (χ0) is 18.7. The maximum Gasteiger partial charge on any atom is 0.338 e. The second kappa shape index (κ2) is 7.00. The Hall–Kier alpha value is -3.15. The van der Waals surface area contributed by atoms with Gasteiger partial charge in [0.2, 0.25) is 0 Å². The van der Waals surface area contributed by atoms with Crippen molar-refractivity contribution < 1.29 is 14.3 Å². The van der Waals surface area contributed by atoms with Crippen molar-refractivity contribution >= 4 is 22.9 Å². The molecule has 6 heteroatoms. The van der Waals surface area contributed by atoms with Crippen LogP contribution in [0.5, 0.6) is 0 Å². The average Bonchev–Trinajstić information content (AvgIpc) is 3.07. The third-order valence-corrected chi connectivity index (χ3v) is 4.04. The van der Waals surface area contributed by atoms with Crippen LogP contribution in [0.15, 0.2) is 48.8 Å².